The van der Waals surface area contributed by atoms with Crippen LogP contribution in [0, 0.1) is 0 Å². The molecular formula is C16H27N3O. The molecule has 1 N–H and O–H groups in total. The number of ether oxygens (including phenoxy) is 1. The van der Waals surface area contributed by atoms with E-state index in [0.29, 0.717) is 12.1 Å². The molecule has 112 valence electrons. The Morgan fingerprint density at radius 3 is 2.35 bits per heavy atom. The van der Waals surface area contributed by atoms with Gasteiger partial charge in [0.1, 0.15) is 5.75 Å². The molecule has 2 atom stereocenters. The van der Waals surface area contributed by atoms with Crippen molar-refractivity contribution in [2.24, 2.45) is 0 Å². The Morgan fingerprint density at radius 1 is 1.10 bits per heavy atom. The number of nitrogens with zero attached hydrogens (tertiary/aromatic N) is 2. The molecule has 0 amide bonds. The minimum Gasteiger partial charge on any atom is -0.495 e. The van der Waals surface area contributed by atoms with Gasteiger partial charge in [-0.2, -0.15) is 0 Å². The molecular weight excluding hydrogens is 250 g/mol. The minimum absolute atomic E-state index is 0.521. The number of anilines is 1. The van der Waals surface area contributed by atoms with E-state index >= 15 is 0 Å². The van der Waals surface area contributed by atoms with Crippen LogP contribution in [-0.2, 0) is 0 Å². The third-order valence-electron chi connectivity index (χ3n) is 4.50. The molecule has 2 unspecified atom stereocenters. The lowest BCUT2D eigenvalue weighted by Gasteiger charge is -2.41. The van der Waals surface area contributed by atoms with Gasteiger partial charge in [0.05, 0.1) is 12.8 Å². The molecule has 0 aliphatic carbocycles. The second kappa shape index (κ2) is 6.95. The maximum atomic E-state index is 5.46. The van der Waals surface area contributed by atoms with E-state index in [0.717, 1.165) is 31.9 Å². The van der Waals surface area contributed by atoms with Crippen molar-refractivity contribution in [3.05, 3.63) is 24.3 Å². The predicted octanol–water partition coefficient (Wildman–Crippen LogP) is 1.81. The smallest absolute Gasteiger partial charge is 0.142 e. The molecule has 0 radical (unpaired) electrons. The molecule has 4 nitrogen and oxygen atoms in total. The normalized spacial score (nSPS) is 19.7. The average Bonchev–Trinajstić information content (AvgIpc) is 2.53. The topological polar surface area (TPSA) is 27.7 Å². The van der Waals surface area contributed by atoms with Gasteiger partial charge in [-0.25, -0.2) is 0 Å². The molecule has 1 aliphatic heterocycles. The molecule has 2 rings (SSSR count). The second-order valence-corrected chi connectivity index (χ2v) is 5.51. The highest BCUT2D eigenvalue weighted by Gasteiger charge is 2.24. The van der Waals surface area contributed by atoms with Gasteiger partial charge < -0.3 is 15.0 Å². The van der Waals surface area contributed by atoms with E-state index in [1.54, 1.807) is 7.11 Å². The molecule has 1 aliphatic rings. The Bertz CT molecular complexity index is 416. The van der Waals surface area contributed by atoms with E-state index in [2.05, 4.69) is 41.1 Å². The van der Waals surface area contributed by atoms with Crippen molar-refractivity contribution < 1.29 is 4.74 Å². The Labute approximate surface area is 122 Å². The summed E-state index contributed by atoms with van der Waals surface area (Å²) in [5.41, 5.74) is 1.21. The van der Waals surface area contributed by atoms with Crippen molar-refractivity contribution in [2.45, 2.75) is 25.9 Å². The van der Waals surface area contributed by atoms with Gasteiger partial charge in [0.15, 0.2) is 0 Å². The fourth-order valence-corrected chi connectivity index (χ4v) is 2.82. The first-order valence-corrected chi connectivity index (χ1v) is 7.46. The van der Waals surface area contributed by atoms with Crippen molar-refractivity contribution in [1.29, 1.82) is 0 Å². The van der Waals surface area contributed by atoms with Crippen molar-refractivity contribution >= 4 is 5.69 Å². The van der Waals surface area contributed by atoms with Gasteiger partial charge in [-0.3, -0.25) is 4.90 Å². The van der Waals surface area contributed by atoms with Crippen LogP contribution in [0.5, 0.6) is 5.75 Å². The van der Waals surface area contributed by atoms with Crippen LogP contribution < -0.4 is 15.0 Å². The van der Waals surface area contributed by atoms with Crippen LogP contribution in [0.1, 0.15) is 13.8 Å². The average molecular weight is 277 g/mol. The summed E-state index contributed by atoms with van der Waals surface area (Å²) in [5.74, 6) is 0.970. The van der Waals surface area contributed by atoms with Gasteiger partial charge in [-0.15, -0.1) is 0 Å². The van der Waals surface area contributed by atoms with Crippen LogP contribution in [0.4, 0.5) is 5.69 Å². The third-order valence-corrected chi connectivity index (χ3v) is 4.50. The zero-order chi connectivity index (χ0) is 14.5. The van der Waals surface area contributed by atoms with Crippen LogP contribution >= 0.6 is 0 Å². The van der Waals surface area contributed by atoms with Gasteiger partial charge in [0.25, 0.3) is 0 Å². The first-order chi connectivity index (χ1) is 9.67. The highest BCUT2D eigenvalue weighted by Crippen LogP contribution is 2.28. The number of benzene rings is 1. The number of piperazine rings is 1. The lowest BCUT2D eigenvalue weighted by Crippen LogP contribution is -2.54. The SMILES string of the molecule is CNC(C)C(C)N1CCN(c2ccccc2OC)CC1. The largest absolute Gasteiger partial charge is 0.495 e. The summed E-state index contributed by atoms with van der Waals surface area (Å²) in [6.45, 7) is 8.87. The summed E-state index contributed by atoms with van der Waals surface area (Å²) >= 11 is 0. The summed E-state index contributed by atoms with van der Waals surface area (Å²) in [4.78, 5) is 4.99. The summed E-state index contributed by atoms with van der Waals surface area (Å²) < 4.78 is 5.46. The Hall–Kier alpha value is -1.26. The minimum atomic E-state index is 0.521. The second-order valence-electron chi connectivity index (χ2n) is 5.51. The molecule has 4 heteroatoms. The summed E-state index contributed by atoms with van der Waals surface area (Å²) in [5, 5.41) is 3.35. The molecule has 1 fully saturated rings. The summed E-state index contributed by atoms with van der Waals surface area (Å²) in [6, 6.07) is 9.37. The van der Waals surface area contributed by atoms with E-state index in [-0.39, 0.29) is 0 Å². The van der Waals surface area contributed by atoms with Gasteiger partial charge in [0, 0.05) is 38.3 Å². The van der Waals surface area contributed by atoms with Crippen LogP contribution in [0.3, 0.4) is 0 Å². The van der Waals surface area contributed by atoms with E-state index in [1.807, 2.05) is 19.2 Å². The lowest BCUT2D eigenvalue weighted by molar-refractivity contribution is 0.168. The van der Waals surface area contributed by atoms with E-state index in [1.165, 1.54) is 5.69 Å². The molecule has 0 saturated carbocycles. The van der Waals surface area contributed by atoms with Crippen LogP contribution in [-0.4, -0.2) is 57.3 Å². The molecule has 1 saturated heterocycles. The summed E-state index contributed by atoms with van der Waals surface area (Å²) in [6.07, 6.45) is 0. The number of methoxy groups -OCH3 is 1. The van der Waals surface area contributed by atoms with Gasteiger partial charge >= 0.3 is 0 Å². The third kappa shape index (κ3) is 3.25. The molecule has 20 heavy (non-hydrogen) atoms. The monoisotopic (exact) mass is 277 g/mol. The van der Waals surface area contributed by atoms with E-state index in [9.17, 15) is 0 Å². The molecule has 0 bridgehead atoms. The lowest BCUT2D eigenvalue weighted by atomic mass is 10.1. The van der Waals surface area contributed by atoms with Crippen molar-refractivity contribution in [3.63, 3.8) is 0 Å². The fraction of sp³-hybridized carbons (Fsp3) is 0.625. The van der Waals surface area contributed by atoms with Gasteiger partial charge in [0.2, 0.25) is 0 Å². The number of nitrogens with one attached hydrogen (secondary N) is 1. The van der Waals surface area contributed by atoms with Crippen molar-refractivity contribution in [3.8, 4) is 5.75 Å². The van der Waals surface area contributed by atoms with Crippen LogP contribution in [0.25, 0.3) is 0 Å². The Morgan fingerprint density at radius 2 is 1.75 bits per heavy atom. The molecule has 0 aromatic heterocycles. The van der Waals surface area contributed by atoms with E-state index < -0.39 is 0 Å². The maximum absolute atomic E-state index is 5.46. The summed E-state index contributed by atoms with van der Waals surface area (Å²) in [7, 11) is 3.78. The number of rotatable bonds is 5. The van der Waals surface area contributed by atoms with Crippen LogP contribution in [0.2, 0.25) is 0 Å². The molecule has 1 heterocycles. The maximum Gasteiger partial charge on any atom is 0.142 e. The molecule has 1 aromatic rings. The Kier molecular flexibility index (Phi) is 5.26. The first kappa shape index (κ1) is 15.1. The molecule has 1 aromatic carbocycles. The number of para-hydroxylation sites is 2. The van der Waals surface area contributed by atoms with Gasteiger partial charge in [-0.05, 0) is 33.0 Å². The predicted molar refractivity (Wildman–Crippen MR) is 84.8 cm³/mol. The van der Waals surface area contributed by atoms with Crippen molar-refractivity contribution in [2.75, 3.05) is 45.2 Å². The zero-order valence-electron chi connectivity index (χ0n) is 13.1. The van der Waals surface area contributed by atoms with Gasteiger partial charge in [-0.1, -0.05) is 12.1 Å². The number of likely N-dealkylation sites (N-methyl/N-ethyl adjacent to an activating group) is 1. The van der Waals surface area contributed by atoms with E-state index in [4.69, 9.17) is 4.74 Å². The fourth-order valence-electron chi connectivity index (χ4n) is 2.82. The zero-order valence-corrected chi connectivity index (χ0v) is 13.1. The quantitative estimate of drug-likeness (QED) is 0.888. The first-order valence-electron chi connectivity index (χ1n) is 7.46. The number of hydrogen-bond donors (Lipinski definition) is 1. The van der Waals surface area contributed by atoms with Crippen LogP contribution in [0.15, 0.2) is 24.3 Å². The highest BCUT2D eigenvalue weighted by atomic mass is 16.5. The highest BCUT2D eigenvalue weighted by molar-refractivity contribution is 5.58. The Balaban J connectivity index is 1.97. The molecule has 0 spiro atoms. The standard InChI is InChI=1S/C16H27N3O/c1-13(17-3)14(2)18-9-11-19(12-10-18)15-7-5-6-8-16(15)20-4/h5-8,13-14,17H,9-12H2,1-4H3. The van der Waals surface area contributed by atoms with Crippen molar-refractivity contribution in [1.82, 2.24) is 10.2 Å². The number of hydrogen-bond acceptors (Lipinski definition) is 4.